The van der Waals surface area contributed by atoms with Crippen molar-refractivity contribution in [1.82, 2.24) is 0 Å². The van der Waals surface area contributed by atoms with Crippen LogP contribution >= 0.6 is 0 Å². The van der Waals surface area contributed by atoms with Gasteiger partial charge in [-0.3, -0.25) is 0 Å². The maximum Gasteiger partial charge on any atom is -0.0105 e. The van der Waals surface area contributed by atoms with Gasteiger partial charge in [0.2, 0.25) is 0 Å². The SMILES string of the molecule is C=CC12CC3CC(C)(C1)CC(C14CC5(C)CC(C)(CC(C=C)(C5)C1)C4)(C3)C2. The molecule has 0 aromatic carbocycles. The lowest BCUT2D eigenvalue weighted by Gasteiger charge is -2.78. The minimum Gasteiger partial charge on any atom is -0.103 e. The fourth-order valence-electron chi connectivity index (χ4n) is 12.4. The Labute approximate surface area is 167 Å². The molecule has 0 aliphatic heterocycles. The molecule has 8 saturated carbocycles. The summed E-state index contributed by atoms with van der Waals surface area (Å²) in [7, 11) is 0. The van der Waals surface area contributed by atoms with Gasteiger partial charge in [-0.05, 0) is 121 Å². The molecular weight excluding hydrogens is 324 g/mol. The van der Waals surface area contributed by atoms with Crippen LogP contribution in [0.5, 0.6) is 0 Å². The maximum absolute atomic E-state index is 4.42. The molecule has 6 unspecified atom stereocenters. The molecule has 6 atom stereocenters. The number of rotatable bonds is 3. The van der Waals surface area contributed by atoms with E-state index in [9.17, 15) is 0 Å². The molecule has 0 saturated heterocycles. The Balaban J connectivity index is 1.52. The highest BCUT2D eigenvalue weighted by molar-refractivity contribution is 5.27. The summed E-state index contributed by atoms with van der Waals surface area (Å²) in [5.74, 6) is 0.970. The molecule has 0 radical (unpaired) electrons. The molecule has 8 rings (SSSR count). The van der Waals surface area contributed by atoms with Crippen LogP contribution in [0.2, 0.25) is 0 Å². The summed E-state index contributed by atoms with van der Waals surface area (Å²) in [5.41, 5.74) is 3.76. The first-order valence-corrected chi connectivity index (χ1v) is 11.8. The molecule has 0 heteroatoms. The van der Waals surface area contributed by atoms with E-state index in [1.807, 2.05) is 0 Å². The van der Waals surface area contributed by atoms with Crippen LogP contribution in [0.15, 0.2) is 25.3 Å². The van der Waals surface area contributed by atoms with Gasteiger partial charge in [-0.15, -0.1) is 13.2 Å². The molecular formula is C27H40. The molecule has 0 nitrogen and oxygen atoms in total. The molecule has 0 N–H and O–H groups in total. The van der Waals surface area contributed by atoms with Crippen LogP contribution in [-0.4, -0.2) is 0 Å². The minimum absolute atomic E-state index is 0.434. The Bertz CT molecular complexity index is 725. The van der Waals surface area contributed by atoms with Crippen LogP contribution in [0.4, 0.5) is 0 Å². The average Bonchev–Trinajstić information content (AvgIpc) is 2.49. The topological polar surface area (TPSA) is 0 Å². The average molecular weight is 365 g/mol. The van der Waals surface area contributed by atoms with Crippen molar-refractivity contribution < 1.29 is 0 Å². The van der Waals surface area contributed by atoms with Gasteiger partial charge in [0.1, 0.15) is 0 Å². The summed E-state index contributed by atoms with van der Waals surface area (Å²) < 4.78 is 0. The quantitative estimate of drug-likeness (QED) is 0.450. The van der Waals surface area contributed by atoms with Crippen molar-refractivity contribution in [3.05, 3.63) is 25.3 Å². The summed E-state index contributed by atoms with van der Waals surface area (Å²) in [6.07, 6.45) is 22.6. The third-order valence-corrected chi connectivity index (χ3v) is 11.0. The summed E-state index contributed by atoms with van der Waals surface area (Å²) in [5, 5.41) is 0. The molecule has 0 spiro atoms. The van der Waals surface area contributed by atoms with Crippen molar-refractivity contribution >= 4 is 0 Å². The minimum atomic E-state index is 0.434. The van der Waals surface area contributed by atoms with Gasteiger partial charge in [0.15, 0.2) is 0 Å². The van der Waals surface area contributed by atoms with Crippen LogP contribution in [0.3, 0.4) is 0 Å². The van der Waals surface area contributed by atoms with Crippen LogP contribution in [0, 0.1) is 43.8 Å². The van der Waals surface area contributed by atoms with Crippen molar-refractivity contribution in [3.8, 4) is 0 Å². The van der Waals surface area contributed by atoms with E-state index in [1.165, 1.54) is 77.0 Å². The first-order valence-electron chi connectivity index (χ1n) is 11.8. The van der Waals surface area contributed by atoms with Crippen LogP contribution in [-0.2, 0) is 0 Å². The Hall–Kier alpha value is -0.520. The fraction of sp³-hybridized carbons (Fsp3) is 0.852. The largest absolute Gasteiger partial charge is 0.103 e. The van der Waals surface area contributed by atoms with Crippen LogP contribution in [0.25, 0.3) is 0 Å². The van der Waals surface area contributed by atoms with Crippen LogP contribution in [0.1, 0.15) is 97.8 Å². The number of hydrogen-bond acceptors (Lipinski definition) is 0. The summed E-state index contributed by atoms with van der Waals surface area (Å²) in [6.45, 7) is 16.8. The summed E-state index contributed by atoms with van der Waals surface area (Å²) in [6, 6.07) is 0. The summed E-state index contributed by atoms with van der Waals surface area (Å²) in [4.78, 5) is 0. The third-order valence-electron chi connectivity index (χ3n) is 11.0. The molecule has 0 heterocycles. The normalized spacial score (nSPS) is 65.5. The second-order valence-corrected chi connectivity index (χ2v) is 14.2. The van der Waals surface area contributed by atoms with E-state index in [0.29, 0.717) is 37.9 Å². The Morgan fingerprint density at radius 2 is 1.11 bits per heavy atom. The highest BCUT2D eigenvalue weighted by atomic mass is 14.8. The van der Waals surface area contributed by atoms with Gasteiger partial charge in [0.25, 0.3) is 0 Å². The molecule has 0 amide bonds. The van der Waals surface area contributed by atoms with Crippen molar-refractivity contribution in [2.24, 2.45) is 43.8 Å². The Morgan fingerprint density at radius 3 is 1.70 bits per heavy atom. The van der Waals surface area contributed by atoms with Gasteiger partial charge < -0.3 is 0 Å². The van der Waals surface area contributed by atoms with Crippen molar-refractivity contribution in [2.45, 2.75) is 97.8 Å². The first-order chi connectivity index (χ1) is 12.5. The summed E-state index contributed by atoms with van der Waals surface area (Å²) >= 11 is 0. The van der Waals surface area contributed by atoms with Crippen LogP contribution < -0.4 is 0 Å². The molecule has 8 aliphatic rings. The van der Waals surface area contributed by atoms with Crippen molar-refractivity contribution in [1.29, 1.82) is 0 Å². The van der Waals surface area contributed by atoms with E-state index < -0.39 is 0 Å². The van der Waals surface area contributed by atoms with E-state index in [4.69, 9.17) is 0 Å². The lowest BCUT2D eigenvalue weighted by molar-refractivity contribution is -0.272. The predicted octanol–water partition coefficient (Wildman–Crippen LogP) is 7.70. The molecule has 0 aromatic rings. The monoisotopic (exact) mass is 364 g/mol. The number of hydrogen-bond donors (Lipinski definition) is 0. The third kappa shape index (κ3) is 2.02. The molecule has 8 fully saturated rings. The zero-order valence-corrected chi connectivity index (χ0v) is 18.1. The highest BCUT2D eigenvalue weighted by Gasteiger charge is 2.73. The van der Waals surface area contributed by atoms with E-state index in [0.717, 1.165) is 5.92 Å². The highest BCUT2D eigenvalue weighted by Crippen LogP contribution is 2.83. The Morgan fingerprint density at radius 1 is 0.556 bits per heavy atom. The predicted molar refractivity (Wildman–Crippen MR) is 113 cm³/mol. The fourth-order valence-corrected chi connectivity index (χ4v) is 12.4. The van der Waals surface area contributed by atoms with Crippen molar-refractivity contribution in [2.75, 3.05) is 0 Å². The molecule has 0 aromatic heterocycles. The van der Waals surface area contributed by atoms with Gasteiger partial charge in [0.05, 0.1) is 0 Å². The standard InChI is InChI=1S/C27H40/c1-6-24-9-20-8-21(3,12-24)15-26(10-20,18-24)27-16-22(4)11-23(5,17-27)14-25(7-2,13-22)19-27/h6-7,20H,1-2,8-19H2,3-5H3. The lowest BCUT2D eigenvalue weighted by Crippen LogP contribution is -2.68. The van der Waals surface area contributed by atoms with Gasteiger partial charge in [-0.25, -0.2) is 0 Å². The second-order valence-electron chi connectivity index (χ2n) is 14.2. The zero-order valence-electron chi connectivity index (χ0n) is 18.1. The van der Waals surface area contributed by atoms with Gasteiger partial charge in [-0.1, -0.05) is 32.9 Å². The molecule has 8 aliphatic carbocycles. The number of allylic oxidation sites excluding steroid dienone is 2. The first kappa shape index (κ1) is 17.3. The van der Waals surface area contributed by atoms with Gasteiger partial charge in [0, 0.05) is 0 Å². The second kappa shape index (κ2) is 4.46. The van der Waals surface area contributed by atoms with Gasteiger partial charge in [-0.2, -0.15) is 0 Å². The van der Waals surface area contributed by atoms with E-state index in [-0.39, 0.29) is 0 Å². The maximum atomic E-state index is 4.42. The van der Waals surface area contributed by atoms with E-state index in [1.54, 1.807) is 0 Å². The van der Waals surface area contributed by atoms with E-state index >= 15 is 0 Å². The zero-order chi connectivity index (χ0) is 19.0. The Kier molecular flexibility index (Phi) is 2.87. The molecule has 148 valence electrons. The molecule has 8 bridgehead atoms. The van der Waals surface area contributed by atoms with E-state index in [2.05, 4.69) is 46.1 Å². The lowest BCUT2D eigenvalue weighted by atomic mass is 9.26. The van der Waals surface area contributed by atoms with Gasteiger partial charge >= 0.3 is 0 Å². The van der Waals surface area contributed by atoms with Crippen molar-refractivity contribution in [3.63, 3.8) is 0 Å². The smallest absolute Gasteiger partial charge is 0.0105 e. The molecule has 27 heavy (non-hydrogen) atoms.